The number of nitrogens with zero attached hydrogens (tertiary/aromatic N) is 1. The predicted octanol–water partition coefficient (Wildman–Crippen LogP) is 1.57. The third-order valence-electron chi connectivity index (χ3n) is 6.30. The third kappa shape index (κ3) is 2.44. The summed E-state index contributed by atoms with van der Waals surface area (Å²) < 4.78 is 12.7. The number of hydrogen-bond donors (Lipinski definition) is 1. The van der Waals surface area contributed by atoms with Gasteiger partial charge in [-0.25, -0.2) is 0 Å². The summed E-state index contributed by atoms with van der Waals surface area (Å²) in [6, 6.07) is 8.04. The number of carbonyl (C=O) groups is 1. The summed E-state index contributed by atoms with van der Waals surface area (Å²) >= 11 is 0. The molecule has 1 aliphatic carbocycles. The first-order valence-corrected chi connectivity index (χ1v) is 9.89. The van der Waals surface area contributed by atoms with E-state index in [-0.39, 0.29) is 18.1 Å². The molecule has 1 N–H and O–H groups in total. The van der Waals surface area contributed by atoms with Crippen molar-refractivity contribution in [2.75, 3.05) is 24.7 Å². The van der Waals surface area contributed by atoms with Crippen LogP contribution in [-0.2, 0) is 20.1 Å². The van der Waals surface area contributed by atoms with E-state index in [2.05, 4.69) is 0 Å². The molecular formula is C20H27N2O3+. The molecule has 1 saturated carbocycles. The number of rotatable bonds is 2. The van der Waals surface area contributed by atoms with Gasteiger partial charge in [-0.1, -0.05) is 31.0 Å². The van der Waals surface area contributed by atoms with Gasteiger partial charge in [0.1, 0.15) is 0 Å². The SMILES string of the molecule is O=C1N(C[NH+]2CCCCC2)c2ccccc2C12O[C@@H]1CCCC[C@H]1O2. The first-order valence-electron chi connectivity index (χ1n) is 9.89. The van der Waals surface area contributed by atoms with Crippen molar-refractivity contribution < 1.29 is 19.2 Å². The number of likely N-dealkylation sites (tertiary alicyclic amines) is 1. The smallest absolute Gasteiger partial charge is 0.296 e. The fraction of sp³-hybridized carbons (Fsp3) is 0.650. The van der Waals surface area contributed by atoms with Crippen molar-refractivity contribution in [2.45, 2.75) is 62.9 Å². The number of hydrogen-bond acceptors (Lipinski definition) is 3. The predicted molar refractivity (Wildman–Crippen MR) is 93.2 cm³/mol. The number of para-hydroxylation sites is 1. The largest absolute Gasteiger partial charge is 0.332 e. The van der Waals surface area contributed by atoms with Crippen LogP contribution in [-0.4, -0.2) is 37.9 Å². The lowest BCUT2D eigenvalue weighted by molar-refractivity contribution is -0.903. The Balaban J connectivity index is 1.48. The van der Waals surface area contributed by atoms with Crippen molar-refractivity contribution >= 4 is 11.6 Å². The summed E-state index contributed by atoms with van der Waals surface area (Å²) in [7, 11) is 0. The number of ether oxygens (including phenoxy) is 2. The zero-order valence-corrected chi connectivity index (χ0v) is 14.7. The van der Waals surface area contributed by atoms with Gasteiger partial charge in [0, 0.05) is 5.56 Å². The summed E-state index contributed by atoms with van der Waals surface area (Å²) in [6.07, 6.45) is 8.27. The van der Waals surface area contributed by atoms with Crippen LogP contribution in [0, 0.1) is 0 Å². The zero-order chi connectivity index (χ0) is 16.9. The van der Waals surface area contributed by atoms with E-state index in [0.29, 0.717) is 0 Å². The van der Waals surface area contributed by atoms with Crippen LogP contribution >= 0.6 is 0 Å². The van der Waals surface area contributed by atoms with Crippen LogP contribution in [0.2, 0.25) is 0 Å². The second-order valence-corrected chi connectivity index (χ2v) is 7.93. The van der Waals surface area contributed by atoms with E-state index < -0.39 is 5.79 Å². The summed E-state index contributed by atoms with van der Waals surface area (Å²) in [5.41, 5.74) is 1.88. The fourth-order valence-corrected chi connectivity index (χ4v) is 4.99. The Labute approximate surface area is 148 Å². The van der Waals surface area contributed by atoms with E-state index in [1.165, 1.54) is 24.2 Å². The molecule has 3 fully saturated rings. The highest BCUT2D eigenvalue weighted by Crippen LogP contribution is 2.50. The summed E-state index contributed by atoms with van der Waals surface area (Å²) in [5, 5.41) is 0. The Morgan fingerprint density at radius 3 is 2.40 bits per heavy atom. The molecule has 0 aromatic heterocycles. The topological polar surface area (TPSA) is 43.2 Å². The molecule has 134 valence electrons. The normalized spacial score (nSPS) is 31.4. The number of piperidine rings is 1. The maximum absolute atomic E-state index is 13.5. The Hall–Kier alpha value is -1.43. The number of quaternary nitrogens is 1. The van der Waals surface area contributed by atoms with Crippen LogP contribution in [0.4, 0.5) is 5.69 Å². The Bertz CT molecular complexity index is 657. The van der Waals surface area contributed by atoms with Gasteiger partial charge in [0.05, 0.1) is 31.0 Å². The lowest BCUT2D eigenvalue weighted by atomic mass is 9.95. The quantitative estimate of drug-likeness (QED) is 0.886. The monoisotopic (exact) mass is 343 g/mol. The molecule has 2 atom stereocenters. The molecule has 5 nitrogen and oxygen atoms in total. The van der Waals surface area contributed by atoms with E-state index in [1.807, 2.05) is 29.2 Å². The van der Waals surface area contributed by atoms with Crippen molar-refractivity contribution in [2.24, 2.45) is 0 Å². The summed E-state index contributed by atoms with van der Waals surface area (Å²) in [6.45, 7) is 3.01. The van der Waals surface area contributed by atoms with Crippen molar-refractivity contribution in [3.05, 3.63) is 29.8 Å². The van der Waals surface area contributed by atoms with E-state index >= 15 is 0 Å². The first-order chi connectivity index (χ1) is 12.3. The minimum atomic E-state index is -1.19. The highest BCUT2D eigenvalue weighted by molar-refractivity contribution is 6.06. The van der Waals surface area contributed by atoms with Gasteiger partial charge in [-0.05, 0) is 38.2 Å². The van der Waals surface area contributed by atoms with Crippen LogP contribution < -0.4 is 9.80 Å². The van der Waals surface area contributed by atoms with E-state index in [4.69, 9.17) is 9.47 Å². The van der Waals surface area contributed by atoms with Gasteiger partial charge in [0.25, 0.3) is 11.7 Å². The second-order valence-electron chi connectivity index (χ2n) is 7.93. The van der Waals surface area contributed by atoms with Crippen molar-refractivity contribution in [1.29, 1.82) is 0 Å². The number of benzene rings is 1. The van der Waals surface area contributed by atoms with E-state index in [0.717, 1.165) is 56.7 Å². The second kappa shape index (κ2) is 6.08. The molecule has 4 aliphatic rings. The lowest BCUT2D eigenvalue weighted by Crippen LogP contribution is -3.14. The summed E-state index contributed by atoms with van der Waals surface area (Å²) in [5.74, 6) is -1.20. The minimum Gasteiger partial charge on any atom is -0.332 e. The maximum Gasteiger partial charge on any atom is 0.296 e. The molecule has 1 amide bonds. The van der Waals surface area contributed by atoms with Crippen LogP contribution in [0.25, 0.3) is 0 Å². The lowest BCUT2D eigenvalue weighted by Gasteiger charge is -2.29. The molecule has 1 aromatic rings. The Morgan fingerprint density at radius 1 is 1.00 bits per heavy atom. The Morgan fingerprint density at radius 2 is 1.68 bits per heavy atom. The molecule has 3 aliphatic heterocycles. The van der Waals surface area contributed by atoms with Crippen LogP contribution in [0.1, 0.15) is 50.5 Å². The number of amides is 1. The molecule has 0 unspecified atom stereocenters. The van der Waals surface area contributed by atoms with Crippen LogP contribution in [0.5, 0.6) is 0 Å². The number of fused-ring (bicyclic) bond motifs is 3. The average molecular weight is 343 g/mol. The number of nitrogens with one attached hydrogen (secondary N) is 1. The van der Waals surface area contributed by atoms with Gasteiger partial charge in [-0.3, -0.25) is 9.69 Å². The average Bonchev–Trinajstić information content (AvgIpc) is 3.15. The molecule has 0 radical (unpaired) electrons. The van der Waals surface area contributed by atoms with Crippen LogP contribution in [0.15, 0.2) is 24.3 Å². The highest BCUT2D eigenvalue weighted by atomic mass is 16.8. The molecule has 2 saturated heterocycles. The number of carbonyl (C=O) groups excluding carboxylic acids is 1. The van der Waals surface area contributed by atoms with Gasteiger partial charge < -0.3 is 14.4 Å². The number of anilines is 1. The van der Waals surface area contributed by atoms with Crippen LogP contribution in [0.3, 0.4) is 0 Å². The Kier molecular flexibility index (Phi) is 3.84. The van der Waals surface area contributed by atoms with Gasteiger partial charge in [0.15, 0.2) is 6.67 Å². The molecule has 3 heterocycles. The third-order valence-corrected chi connectivity index (χ3v) is 6.30. The van der Waals surface area contributed by atoms with E-state index in [9.17, 15) is 4.79 Å². The van der Waals surface area contributed by atoms with E-state index in [1.54, 1.807) is 0 Å². The molecule has 25 heavy (non-hydrogen) atoms. The van der Waals surface area contributed by atoms with Crippen molar-refractivity contribution in [3.8, 4) is 0 Å². The highest BCUT2D eigenvalue weighted by Gasteiger charge is 2.61. The van der Waals surface area contributed by atoms with Crippen molar-refractivity contribution in [3.63, 3.8) is 0 Å². The first kappa shape index (κ1) is 15.8. The molecule has 5 rings (SSSR count). The molecule has 5 heteroatoms. The molecule has 1 spiro atoms. The zero-order valence-electron chi connectivity index (χ0n) is 14.7. The van der Waals surface area contributed by atoms with Gasteiger partial charge in [-0.2, -0.15) is 0 Å². The molecular weight excluding hydrogens is 316 g/mol. The van der Waals surface area contributed by atoms with Gasteiger partial charge >= 0.3 is 0 Å². The molecule has 1 aromatic carbocycles. The standard InChI is InChI=1S/C20H26N2O3/c23-19-20(24-17-10-4-5-11-18(17)25-20)15-8-2-3-9-16(15)22(19)14-21-12-6-1-7-13-21/h2-3,8-9,17-18H,1,4-7,10-14H2/p+1/t17-,18-/m1/s1. The maximum atomic E-state index is 13.5. The minimum absolute atomic E-state index is 0.0128. The molecule has 0 bridgehead atoms. The van der Waals surface area contributed by atoms with Crippen molar-refractivity contribution in [1.82, 2.24) is 0 Å². The fourth-order valence-electron chi connectivity index (χ4n) is 4.99. The van der Waals surface area contributed by atoms with Gasteiger partial charge in [0.2, 0.25) is 0 Å². The summed E-state index contributed by atoms with van der Waals surface area (Å²) in [4.78, 5) is 16.9. The van der Waals surface area contributed by atoms with Gasteiger partial charge in [-0.15, -0.1) is 0 Å².